The van der Waals surface area contributed by atoms with E-state index >= 15 is 0 Å². The molecule has 0 aliphatic carbocycles. The third-order valence-electron chi connectivity index (χ3n) is 6.96. The predicted molar refractivity (Wildman–Crippen MR) is 139 cm³/mol. The molecule has 0 atom stereocenters. The predicted octanol–water partition coefficient (Wildman–Crippen LogP) is 0.659. The summed E-state index contributed by atoms with van der Waals surface area (Å²) in [5.74, 6) is 0.494. The summed E-state index contributed by atoms with van der Waals surface area (Å²) in [7, 11) is -4.86. The van der Waals surface area contributed by atoms with Gasteiger partial charge in [0, 0.05) is 58.9 Å². The van der Waals surface area contributed by atoms with Gasteiger partial charge in [-0.25, -0.2) is 26.1 Å². The van der Waals surface area contributed by atoms with Gasteiger partial charge in [-0.3, -0.25) is 9.69 Å². The van der Waals surface area contributed by atoms with Gasteiger partial charge in [0.2, 0.25) is 26.0 Å². The Balaban J connectivity index is 1.32. The zero-order valence-electron chi connectivity index (χ0n) is 21.2. The molecule has 2 aliphatic rings. The summed E-state index contributed by atoms with van der Waals surface area (Å²) in [6.07, 6.45) is 3.21. The molecule has 0 radical (unpaired) electrons. The third kappa shape index (κ3) is 6.12. The molecule has 0 saturated carbocycles. The Morgan fingerprint density at radius 2 is 1.62 bits per heavy atom. The number of benzene rings is 1. The highest BCUT2D eigenvalue weighted by Gasteiger charge is 2.34. The summed E-state index contributed by atoms with van der Waals surface area (Å²) < 4.78 is 53.7. The third-order valence-corrected chi connectivity index (χ3v) is 10.7. The fraction of sp³-hybridized carbons (Fsp3) is 0.500. The number of aromatic nitrogens is 1. The zero-order chi connectivity index (χ0) is 26.8. The molecule has 0 bridgehead atoms. The van der Waals surface area contributed by atoms with Crippen LogP contribution in [0.15, 0.2) is 52.4 Å². The van der Waals surface area contributed by atoms with E-state index in [9.17, 15) is 21.6 Å². The number of carbonyl (C=O) groups excluding carboxylic acids is 1. The molecule has 2 aromatic rings. The van der Waals surface area contributed by atoms with E-state index < -0.39 is 20.0 Å². The standard InChI is InChI=1S/C24H34N6O5S2/c1-27(2)36(32,33)21-4-3-5-22(17-21)37(34,35)30-14-12-29(13-15-30)24(31)20-7-10-28(11-8-20)18-19-6-9-26-23(25)16-19/h3-6,9,16-17,20H,7-8,10-15,18H2,1-2H3,(H2,25,26). The van der Waals surface area contributed by atoms with Crippen molar-refractivity contribution in [2.24, 2.45) is 5.92 Å². The van der Waals surface area contributed by atoms with Gasteiger partial charge < -0.3 is 10.6 Å². The Hall–Kier alpha value is -2.58. The monoisotopic (exact) mass is 550 g/mol. The van der Waals surface area contributed by atoms with Crippen LogP contribution in [0.25, 0.3) is 0 Å². The first kappa shape index (κ1) is 27.5. The number of hydrogen-bond acceptors (Lipinski definition) is 8. The minimum absolute atomic E-state index is 0.0708. The summed E-state index contributed by atoms with van der Waals surface area (Å²) in [4.78, 5) is 21.1. The van der Waals surface area contributed by atoms with Gasteiger partial charge in [-0.05, 0) is 61.8 Å². The highest BCUT2D eigenvalue weighted by atomic mass is 32.2. The molecule has 1 aromatic heterocycles. The second-order valence-electron chi connectivity index (χ2n) is 9.63. The number of nitrogens with two attached hydrogens (primary N) is 1. The van der Waals surface area contributed by atoms with Crippen molar-refractivity contribution in [1.82, 2.24) is 23.4 Å². The lowest BCUT2D eigenvalue weighted by Gasteiger charge is -2.38. The summed E-state index contributed by atoms with van der Waals surface area (Å²) >= 11 is 0. The Bertz CT molecular complexity index is 1330. The van der Waals surface area contributed by atoms with Gasteiger partial charge in [0.15, 0.2) is 0 Å². The van der Waals surface area contributed by atoms with E-state index in [1.807, 2.05) is 12.1 Å². The molecule has 0 unspecified atom stereocenters. The van der Waals surface area contributed by atoms with Crippen LogP contribution in [-0.4, -0.2) is 99.5 Å². The minimum atomic E-state index is -3.89. The number of anilines is 1. The number of likely N-dealkylation sites (tertiary alicyclic amines) is 1. The Morgan fingerprint density at radius 3 is 2.24 bits per heavy atom. The van der Waals surface area contributed by atoms with Crippen LogP contribution in [0.4, 0.5) is 5.82 Å². The van der Waals surface area contributed by atoms with E-state index in [2.05, 4.69) is 9.88 Å². The van der Waals surface area contributed by atoms with Crippen molar-refractivity contribution >= 4 is 31.8 Å². The van der Waals surface area contributed by atoms with E-state index in [1.54, 1.807) is 11.1 Å². The van der Waals surface area contributed by atoms with Crippen molar-refractivity contribution in [3.8, 4) is 0 Å². The lowest BCUT2D eigenvalue weighted by Crippen LogP contribution is -2.52. The quantitative estimate of drug-likeness (QED) is 0.531. The summed E-state index contributed by atoms with van der Waals surface area (Å²) in [5.41, 5.74) is 6.86. The summed E-state index contributed by atoms with van der Waals surface area (Å²) in [6.45, 7) is 3.33. The molecule has 4 rings (SSSR count). The number of piperidine rings is 1. The van der Waals surface area contributed by atoms with Gasteiger partial charge in [0.25, 0.3) is 0 Å². The van der Waals surface area contributed by atoms with Crippen LogP contribution in [0, 0.1) is 5.92 Å². The molecule has 37 heavy (non-hydrogen) atoms. The maximum absolute atomic E-state index is 13.2. The number of piperazine rings is 1. The first-order chi connectivity index (χ1) is 17.5. The lowest BCUT2D eigenvalue weighted by molar-refractivity contribution is -0.138. The molecule has 13 heteroatoms. The van der Waals surface area contributed by atoms with Crippen LogP contribution in [0.3, 0.4) is 0 Å². The number of nitrogen functional groups attached to an aromatic ring is 1. The van der Waals surface area contributed by atoms with Crippen LogP contribution in [0.1, 0.15) is 18.4 Å². The number of amides is 1. The van der Waals surface area contributed by atoms with Gasteiger partial charge in [-0.1, -0.05) is 6.07 Å². The largest absolute Gasteiger partial charge is 0.384 e. The van der Waals surface area contributed by atoms with Crippen LogP contribution in [0.5, 0.6) is 0 Å². The van der Waals surface area contributed by atoms with Crippen molar-refractivity contribution in [1.29, 1.82) is 0 Å². The number of carbonyl (C=O) groups is 1. The number of sulfonamides is 2. The topological polar surface area (TPSA) is 137 Å². The van der Waals surface area contributed by atoms with Crippen LogP contribution in [0.2, 0.25) is 0 Å². The first-order valence-electron chi connectivity index (χ1n) is 12.2. The SMILES string of the molecule is CN(C)S(=O)(=O)c1cccc(S(=O)(=O)N2CCN(C(=O)C3CCN(Cc4ccnc(N)c4)CC3)CC2)c1. The van der Waals surface area contributed by atoms with Crippen LogP contribution in [-0.2, 0) is 31.4 Å². The van der Waals surface area contributed by atoms with Crippen LogP contribution < -0.4 is 5.73 Å². The number of pyridine rings is 1. The lowest BCUT2D eigenvalue weighted by atomic mass is 9.94. The highest BCUT2D eigenvalue weighted by Crippen LogP contribution is 2.25. The molecule has 3 heterocycles. The fourth-order valence-corrected chi connectivity index (χ4v) is 7.24. The first-order valence-corrected chi connectivity index (χ1v) is 15.1. The summed E-state index contributed by atoms with van der Waals surface area (Å²) in [6, 6.07) is 9.20. The minimum Gasteiger partial charge on any atom is -0.384 e. The maximum Gasteiger partial charge on any atom is 0.243 e. The molecule has 11 nitrogen and oxygen atoms in total. The van der Waals surface area contributed by atoms with Crippen molar-refractivity contribution in [3.05, 3.63) is 48.2 Å². The van der Waals surface area contributed by atoms with Gasteiger partial charge in [-0.2, -0.15) is 4.31 Å². The van der Waals surface area contributed by atoms with Crippen molar-refractivity contribution < 1.29 is 21.6 Å². The Labute approximate surface area is 219 Å². The average molecular weight is 551 g/mol. The average Bonchev–Trinajstić information content (AvgIpc) is 2.89. The van der Waals surface area contributed by atoms with E-state index in [4.69, 9.17) is 5.73 Å². The molecule has 1 amide bonds. The number of nitrogens with zero attached hydrogens (tertiary/aromatic N) is 5. The molecule has 0 spiro atoms. The maximum atomic E-state index is 13.2. The van der Waals surface area contributed by atoms with Gasteiger partial charge in [-0.15, -0.1) is 0 Å². The summed E-state index contributed by atoms with van der Waals surface area (Å²) in [5, 5.41) is 0. The molecule has 1 aromatic carbocycles. The van der Waals surface area contributed by atoms with Crippen LogP contribution >= 0.6 is 0 Å². The normalized spacial score (nSPS) is 18.8. The van der Waals surface area contributed by atoms with E-state index in [0.717, 1.165) is 42.3 Å². The smallest absolute Gasteiger partial charge is 0.243 e. The van der Waals surface area contributed by atoms with E-state index in [0.29, 0.717) is 18.9 Å². The van der Waals surface area contributed by atoms with E-state index in [1.165, 1.54) is 42.7 Å². The fourth-order valence-electron chi connectivity index (χ4n) is 4.75. The second-order valence-corrected chi connectivity index (χ2v) is 13.7. The second kappa shape index (κ2) is 11.0. The zero-order valence-corrected chi connectivity index (χ0v) is 22.8. The molecule has 202 valence electrons. The number of hydrogen-bond donors (Lipinski definition) is 1. The van der Waals surface area contributed by atoms with Gasteiger partial charge in [0.05, 0.1) is 9.79 Å². The molecule has 2 aliphatic heterocycles. The molecule has 2 fully saturated rings. The Kier molecular flexibility index (Phi) is 8.19. The highest BCUT2D eigenvalue weighted by molar-refractivity contribution is 7.90. The Morgan fingerprint density at radius 1 is 0.973 bits per heavy atom. The molecular formula is C24H34N6O5S2. The number of rotatable bonds is 7. The van der Waals surface area contributed by atoms with E-state index in [-0.39, 0.29) is 34.7 Å². The molecular weight excluding hydrogens is 516 g/mol. The van der Waals surface area contributed by atoms with Crippen molar-refractivity contribution in [2.45, 2.75) is 29.2 Å². The van der Waals surface area contributed by atoms with Crippen molar-refractivity contribution in [3.63, 3.8) is 0 Å². The van der Waals surface area contributed by atoms with Gasteiger partial charge >= 0.3 is 0 Å². The van der Waals surface area contributed by atoms with Crippen molar-refractivity contribution in [2.75, 3.05) is 59.1 Å². The van der Waals surface area contributed by atoms with Gasteiger partial charge in [0.1, 0.15) is 5.82 Å². The molecule has 2 saturated heterocycles. The molecule has 2 N–H and O–H groups in total.